The van der Waals surface area contributed by atoms with Crippen molar-refractivity contribution < 1.29 is 30.3 Å². The molecule has 0 radical (unpaired) electrons. The Morgan fingerprint density at radius 1 is 1.13 bits per heavy atom. The molecule has 164 valence electrons. The lowest BCUT2D eigenvalue weighted by atomic mass is 9.88. The minimum atomic E-state index is -1.55. The summed E-state index contributed by atoms with van der Waals surface area (Å²) in [6, 6.07) is 8.89. The Kier molecular flexibility index (Phi) is 6.10. The second-order valence-electron chi connectivity index (χ2n) is 7.57. The lowest BCUT2D eigenvalue weighted by molar-refractivity contribution is -0.250. The number of ether oxygens (including phenoxy) is 1. The number of aliphatic hydroxyl groups excluding tert-OH is 5. The molecule has 31 heavy (non-hydrogen) atoms. The predicted octanol–water partition coefficient (Wildman–Crippen LogP) is -0.486. The monoisotopic (exact) mass is 428 g/mol. The van der Waals surface area contributed by atoms with Gasteiger partial charge in [0.25, 0.3) is 0 Å². The lowest BCUT2D eigenvalue weighted by Crippen LogP contribution is -2.59. The van der Waals surface area contributed by atoms with Crippen molar-refractivity contribution in [3.8, 4) is 16.9 Å². The van der Waals surface area contributed by atoms with E-state index in [2.05, 4.69) is 15.3 Å². The van der Waals surface area contributed by atoms with Gasteiger partial charge >= 0.3 is 0 Å². The number of pyridine rings is 1. The highest BCUT2D eigenvalue weighted by Crippen LogP contribution is 2.32. The number of nitrogens with zero attached hydrogens (tertiary/aromatic N) is 4. The standard InChI is InChI=1S/C21H24N4O6/c1-11-7-13(25-9-15(23-24-25)12-3-2-6-22-8-12)4-5-14(11)17(27)21-20(30)19(29)18(28)16(10-26)31-21/h2-9,16-21,26-30H,10H2,1H3/t16?,17-,18-,19+,20?,21-/m1/s1. The van der Waals surface area contributed by atoms with Gasteiger partial charge in [-0.1, -0.05) is 11.3 Å². The van der Waals surface area contributed by atoms with E-state index >= 15 is 0 Å². The predicted molar refractivity (Wildman–Crippen MR) is 108 cm³/mol. The molecule has 10 heteroatoms. The number of benzene rings is 1. The third-order valence-electron chi connectivity index (χ3n) is 5.53. The first-order valence-corrected chi connectivity index (χ1v) is 9.83. The molecule has 1 aliphatic rings. The summed E-state index contributed by atoms with van der Waals surface area (Å²) in [7, 11) is 0. The molecule has 0 spiro atoms. The molecular weight excluding hydrogens is 404 g/mol. The third-order valence-corrected chi connectivity index (χ3v) is 5.53. The highest BCUT2D eigenvalue weighted by Gasteiger charge is 2.46. The molecule has 10 nitrogen and oxygen atoms in total. The molecule has 3 heterocycles. The molecule has 3 aromatic rings. The van der Waals surface area contributed by atoms with Crippen LogP contribution in [-0.2, 0) is 4.74 Å². The first-order chi connectivity index (χ1) is 14.9. The van der Waals surface area contributed by atoms with Crippen molar-refractivity contribution >= 4 is 0 Å². The molecule has 1 fully saturated rings. The molecule has 0 saturated carbocycles. The molecule has 1 aliphatic heterocycles. The second kappa shape index (κ2) is 8.79. The fraction of sp³-hybridized carbons (Fsp3) is 0.381. The van der Waals surface area contributed by atoms with Crippen LogP contribution in [0.15, 0.2) is 48.9 Å². The summed E-state index contributed by atoms with van der Waals surface area (Å²) in [5, 5.41) is 58.7. The Bertz CT molecular complexity index is 1030. The van der Waals surface area contributed by atoms with E-state index in [1.807, 2.05) is 12.1 Å². The largest absolute Gasteiger partial charge is 0.394 e. The number of aliphatic hydroxyl groups is 5. The fourth-order valence-corrected chi connectivity index (χ4v) is 3.74. The van der Waals surface area contributed by atoms with Crippen molar-refractivity contribution in [1.82, 2.24) is 20.0 Å². The molecule has 0 amide bonds. The van der Waals surface area contributed by atoms with Crippen LogP contribution in [0.25, 0.3) is 16.9 Å². The molecule has 4 rings (SSSR count). The molecule has 2 aromatic heterocycles. The SMILES string of the molecule is Cc1cc(-n2cc(-c3cccnc3)nn2)ccc1[C@@H](O)[C@H]1OC(CO)[C@@H](O)[C@H](O)C1O. The Morgan fingerprint density at radius 3 is 2.61 bits per heavy atom. The van der Waals surface area contributed by atoms with E-state index in [1.54, 1.807) is 48.4 Å². The van der Waals surface area contributed by atoms with Crippen molar-refractivity contribution in [3.05, 3.63) is 60.0 Å². The molecule has 1 saturated heterocycles. The number of hydrogen-bond acceptors (Lipinski definition) is 9. The average Bonchev–Trinajstić information content (AvgIpc) is 3.28. The molecule has 0 aliphatic carbocycles. The van der Waals surface area contributed by atoms with E-state index in [-0.39, 0.29) is 0 Å². The van der Waals surface area contributed by atoms with Crippen LogP contribution in [0, 0.1) is 6.92 Å². The Hall–Kier alpha value is -2.73. The minimum Gasteiger partial charge on any atom is -0.394 e. The van der Waals surface area contributed by atoms with E-state index in [0.29, 0.717) is 22.5 Å². The Morgan fingerprint density at radius 2 is 1.94 bits per heavy atom. The topological polar surface area (TPSA) is 154 Å². The first kappa shape index (κ1) is 21.5. The molecule has 0 bridgehead atoms. The summed E-state index contributed by atoms with van der Waals surface area (Å²) in [6.45, 7) is 1.22. The maximum absolute atomic E-state index is 10.8. The van der Waals surface area contributed by atoms with Crippen molar-refractivity contribution in [2.75, 3.05) is 6.61 Å². The van der Waals surface area contributed by atoms with Crippen molar-refractivity contribution in [2.45, 2.75) is 43.5 Å². The highest BCUT2D eigenvalue weighted by molar-refractivity contribution is 5.56. The van der Waals surface area contributed by atoms with E-state index in [9.17, 15) is 25.5 Å². The average molecular weight is 428 g/mol. The Balaban J connectivity index is 1.57. The van der Waals surface area contributed by atoms with Crippen LogP contribution in [-0.4, -0.2) is 82.6 Å². The molecular formula is C21H24N4O6. The van der Waals surface area contributed by atoms with Crippen LogP contribution in [0.1, 0.15) is 17.2 Å². The van der Waals surface area contributed by atoms with Crippen LogP contribution in [0.5, 0.6) is 0 Å². The van der Waals surface area contributed by atoms with Gasteiger partial charge in [-0.2, -0.15) is 0 Å². The zero-order valence-corrected chi connectivity index (χ0v) is 16.7. The second-order valence-corrected chi connectivity index (χ2v) is 7.57. The lowest BCUT2D eigenvalue weighted by Gasteiger charge is -2.42. The molecule has 1 aromatic carbocycles. The number of hydrogen-bond donors (Lipinski definition) is 5. The van der Waals surface area contributed by atoms with Gasteiger partial charge in [0.15, 0.2) is 0 Å². The maximum atomic E-state index is 10.8. The van der Waals surface area contributed by atoms with Crippen LogP contribution >= 0.6 is 0 Å². The number of aromatic nitrogens is 4. The molecule has 5 N–H and O–H groups in total. The normalized spacial score (nSPS) is 27.2. The van der Waals surface area contributed by atoms with Gasteiger partial charge in [-0.25, -0.2) is 4.68 Å². The number of rotatable bonds is 5. The van der Waals surface area contributed by atoms with Gasteiger partial charge in [0.1, 0.15) is 42.3 Å². The van der Waals surface area contributed by atoms with Crippen LogP contribution in [0.3, 0.4) is 0 Å². The van der Waals surface area contributed by atoms with Gasteiger partial charge < -0.3 is 30.3 Å². The fourth-order valence-electron chi connectivity index (χ4n) is 3.74. The number of aryl methyl sites for hydroxylation is 1. The minimum absolute atomic E-state index is 0.473. The van der Waals surface area contributed by atoms with E-state index < -0.39 is 43.2 Å². The van der Waals surface area contributed by atoms with Gasteiger partial charge in [0, 0.05) is 18.0 Å². The summed E-state index contributed by atoms with van der Waals surface area (Å²) in [5.41, 5.74) is 3.38. The van der Waals surface area contributed by atoms with Gasteiger partial charge in [-0.3, -0.25) is 4.98 Å². The summed E-state index contributed by atoms with van der Waals surface area (Å²) in [6.07, 6.45) is -3.01. The van der Waals surface area contributed by atoms with E-state index in [0.717, 1.165) is 5.56 Å². The van der Waals surface area contributed by atoms with Gasteiger partial charge in [-0.15, -0.1) is 5.10 Å². The van der Waals surface area contributed by atoms with Gasteiger partial charge in [0.2, 0.25) is 0 Å². The van der Waals surface area contributed by atoms with Gasteiger partial charge in [0.05, 0.1) is 18.5 Å². The van der Waals surface area contributed by atoms with E-state index in [1.165, 1.54) is 0 Å². The summed E-state index contributed by atoms with van der Waals surface area (Å²) < 4.78 is 7.07. The summed E-state index contributed by atoms with van der Waals surface area (Å²) in [4.78, 5) is 4.07. The van der Waals surface area contributed by atoms with Crippen molar-refractivity contribution in [2.24, 2.45) is 0 Å². The van der Waals surface area contributed by atoms with Crippen LogP contribution < -0.4 is 0 Å². The van der Waals surface area contributed by atoms with Crippen LogP contribution in [0.4, 0.5) is 0 Å². The maximum Gasteiger partial charge on any atom is 0.117 e. The zero-order valence-electron chi connectivity index (χ0n) is 16.7. The van der Waals surface area contributed by atoms with Crippen molar-refractivity contribution in [3.63, 3.8) is 0 Å². The van der Waals surface area contributed by atoms with Gasteiger partial charge in [-0.05, 0) is 42.3 Å². The quantitative estimate of drug-likeness (QED) is 0.362. The van der Waals surface area contributed by atoms with E-state index in [4.69, 9.17) is 4.74 Å². The summed E-state index contributed by atoms with van der Waals surface area (Å²) >= 11 is 0. The smallest absolute Gasteiger partial charge is 0.117 e. The molecule has 2 unspecified atom stereocenters. The Labute approximate surface area is 178 Å². The molecule has 6 atom stereocenters. The highest BCUT2D eigenvalue weighted by atomic mass is 16.6. The van der Waals surface area contributed by atoms with Crippen molar-refractivity contribution in [1.29, 1.82) is 0 Å². The third kappa shape index (κ3) is 4.09. The van der Waals surface area contributed by atoms with Crippen LogP contribution in [0.2, 0.25) is 0 Å². The zero-order chi connectivity index (χ0) is 22.1. The first-order valence-electron chi connectivity index (χ1n) is 9.83. The summed E-state index contributed by atoms with van der Waals surface area (Å²) in [5.74, 6) is 0.